The monoisotopic (exact) mass is 336 g/mol. The van der Waals surface area contributed by atoms with Crippen LogP contribution < -0.4 is 5.32 Å². The molecular weight excluding hydrogens is 316 g/mol. The maximum absolute atomic E-state index is 12.5. The number of esters is 1. The molecule has 1 heterocycles. The lowest BCUT2D eigenvalue weighted by Crippen LogP contribution is -2.16. The zero-order chi connectivity index (χ0) is 18.0. The van der Waals surface area contributed by atoms with Crippen LogP contribution in [0.3, 0.4) is 0 Å². The Morgan fingerprint density at radius 3 is 2.64 bits per heavy atom. The van der Waals surface area contributed by atoms with Crippen LogP contribution in [0.5, 0.6) is 0 Å². The van der Waals surface area contributed by atoms with Crippen LogP contribution in [0.2, 0.25) is 0 Å². The molecule has 0 unspecified atom stereocenters. The van der Waals surface area contributed by atoms with Gasteiger partial charge in [0.15, 0.2) is 0 Å². The lowest BCUT2D eigenvalue weighted by Gasteiger charge is -2.10. The van der Waals surface area contributed by atoms with Crippen molar-refractivity contribution in [1.82, 2.24) is 4.98 Å². The largest absolute Gasteiger partial charge is 0.465 e. The number of ether oxygens (including phenoxy) is 1. The Bertz CT molecular complexity index is 957. The highest BCUT2D eigenvalue weighted by atomic mass is 16.5. The van der Waals surface area contributed by atoms with E-state index < -0.39 is 5.97 Å². The van der Waals surface area contributed by atoms with Gasteiger partial charge in [-0.1, -0.05) is 24.3 Å². The van der Waals surface area contributed by atoms with E-state index >= 15 is 0 Å². The molecule has 0 atom stereocenters. The van der Waals surface area contributed by atoms with E-state index in [0.717, 1.165) is 27.7 Å². The molecule has 0 aliphatic rings. The van der Waals surface area contributed by atoms with E-state index in [1.807, 2.05) is 38.1 Å². The van der Waals surface area contributed by atoms with E-state index in [-0.39, 0.29) is 12.3 Å². The highest BCUT2D eigenvalue weighted by Gasteiger charge is 2.14. The van der Waals surface area contributed by atoms with Gasteiger partial charge in [0, 0.05) is 22.3 Å². The number of aromatic amines is 1. The summed E-state index contributed by atoms with van der Waals surface area (Å²) in [5.41, 5.74) is 4.90. The second-order valence-corrected chi connectivity index (χ2v) is 6.02. The smallest absolute Gasteiger partial charge is 0.337 e. The molecule has 3 aromatic rings. The molecule has 0 aliphatic carbocycles. The van der Waals surface area contributed by atoms with Gasteiger partial charge in [-0.3, -0.25) is 4.79 Å². The van der Waals surface area contributed by atoms with Gasteiger partial charge in [0.25, 0.3) is 0 Å². The van der Waals surface area contributed by atoms with Crippen molar-refractivity contribution < 1.29 is 14.3 Å². The van der Waals surface area contributed by atoms with Crippen molar-refractivity contribution >= 4 is 28.5 Å². The normalized spacial score (nSPS) is 10.7. The zero-order valence-corrected chi connectivity index (χ0v) is 14.5. The molecule has 0 saturated heterocycles. The number of nitrogens with one attached hydrogen (secondary N) is 2. The number of hydrogen-bond acceptors (Lipinski definition) is 3. The van der Waals surface area contributed by atoms with E-state index in [2.05, 4.69) is 10.3 Å². The quantitative estimate of drug-likeness (QED) is 0.713. The van der Waals surface area contributed by atoms with Crippen molar-refractivity contribution in [3.8, 4) is 0 Å². The zero-order valence-electron chi connectivity index (χ0n) is 14.5. The highest BCUT2D eigenvalue weighted by molar-refractivity contribution is 5.98. The molecule has 2 N–H and O–H groups in total. The van der Waals surface area contributed by atoms with E-state index in [1.54, 1.807) is 18.2 Å². The van der Waals surface area contributed by atoms with Gasteiger partial charge >= 0.3 is 5.97 Å². The minimum absolute atomic E-state index is 0.127. The molecule has 0 spiro atoms. The molecule has 5 heteroatoms. The Kier molecular flexibility index (Phi) is 4.57. The molecule has 1 aromatic heterocycles. The Morgan fingerprint density at radius 1 is 1.12 bits per heavy atom. The molecule has 0 aliphatic heterocycles. The molecule has 0 saturated carbocycles. The predicted octanol–water partition coefficient (Wildman–Crippen LogP) is 3.75. The summed E-state index contributed by atoms with van der Waals surface area (Å²) in [5.74, 6) is -0.555. The first-order valence-electron chi connectivity index (χ1n) is 8.04. The van der Waals surface area contributed by atoms with Gasteiger partial charge in [-0.05, 0) is 43.2 Å². The highest BCUT2D eigenvalue weighted by Crippen LogP contribution is 2.23. The van der Waals surface area contributed by atoms with Crippen molar-refractivity contribution in [2.45, 2.75) is 20.3 Å². The minimum Gasteiger partial charge on any atom is -0.465 e. The Morgan fingerprint density at radius 2 is 1.88 bits per heavy atom. The number of aromatic nitrogens is 1. The molecule has 0 radical (unpaired) electrons. The van der Waals surface area contributed by atoms with Gasteiger partial charge in [0.05, 0.1) is 19.1 Å². The molecule has 3 rings (SSSR count). The summed E-state index contributed by atoms with van der Waals surface area (Å²) in [4.78, 5) is 27.5. The fraction of sp³-hybridized carbons (Fsp3) is 0.200. The van der Waals surface area contributed by atoms with Gasteiger partial charge < -0.3 is 15.0 Å². The van der Waals surface area contributed by atoms with Crippen molar-refractivity contribution in [3.05, 3.63) is 64.8 Å². The first kappa shape index (κ1) is 16.8. The van der Waals surface area contributed by atoms with Crippen LogP contribution >= 0.6 is 0 Å². The molecule has 2 aromatic carbocycles. The SMILES string of the molecule is COC(=O)c1ccc(C)c(NC(=O)Cc2c(C)[nH]c3ccccc23)c1. The lowest BCUT2D eigenvalue weighted by molar-refractivity contribution is -0.115. The number of para-hydroxylation sites is 1. The van der Waals surface area contributed by atoms with Crippen molar-refractivity contribution in [2.24, 2.45) is 0 Å². The number of carbonyl (C=O) groups is 2. The summed E-state index contributed by atoms with van der Waals surface area (Å²) in [5, 5.41) is 3.95. The van der Waals surface area contributed by atoms with E-state index in [1.165, 1.54) is 7.11 Å². The molecule has 0 bridgehead atoms. The van der Waals surface area contributed by atoms with Crippen LogP contribution in [-0.2, 0) is 16.0 Å². The van der Waals surface area contributed by atoms with Gasteiger partial charge in [-0.25, -0.2) is 4.79 Å². The number of anilines is 1. The third-order valence-electron chi connectivity index (χ3n) is 4.30. The molecular formula is C20H20N2O3. The minimum atomic E-state index is -0.428. The number of fused-ring (bicyclic) bond motifs is 1. The average molecular weight is 336 g/mol. The van der Waals surface area contributed by atoms with Crippen LogP contribution in [0.25, 0.3) is 10.9 Å². The van der Waals surface area contributed by atoms with E-state index in [0.29, 0.717) is 11.3 Å². The number of carbonyl (C=O) groups excluding carboxylic acids is 2. The number of methoxy groups -OCH3 is 1. The van der Waals surface area contributed by atoms with Crippen LogP contribution in [0, 0.1) is 13.8 Å². The fourth-order valence-electron chi connectivity index (χ4n) is 2.92. The van der Waals surface area contributed by atoms with Gasteiger partial charge in [-0.15, -0.1) is 0 Å². The Labute approximate surface area is 146 Å². The standard InChI is InChI=1S/C20H20N2O3/c1-12-8-9-14(20(24)25-3)10-18(12)22-19(23)11-16-13(2)21-17-7-5-4-6-15(16)17/h4-10,21H,11H2,1-3H3,(H,22,23). The third-order valence-corrected chi connectivity index (χ3v) is 4.30. The van der Waals surface area contributed by atoms with Crippen LogP contribution in [0.15, 0.2) is 42.5 Å². The summed E-state index contributed by atoms with van der Waals surface area (Å²) >= 11 is 0. The summed E-state index contributed by atoms with van der Waals surface area (Å²) < 4.78 is 4.73. The number of aryl methyl sites for hydroxylation is 2. The first-order valence-corrected chi connectivity index (χ1v) is 8.04. The summed E-state index contributed by atoms with van der Waals surface area (Å²) in [7, 11) is 1.33. The number of amides is 1. The summed E-state index contributed by atoms with van der Waals surface area (Å²) in [6, 6.07) is 13.0. The Balaban J connectivity index is 1.83. The maximum atomic E-state index is 12.5. The van der Waals surface area contributed by atoms with E-state index in [4.69, 9.17) is 4.74 Å². The second kappa shape index (κ2) is 6.81. The summed E-state index contributed by atoms with van der Waals surface area (Å²) in [6.45, 7) is 3.85. The lowest BCUT2D eigenvalue weighted by atomic mass is 10.1. The molecule has 5 nitrogen and oxygen atoms in total. The van der Waals surface area contributed by atoms with Gasteiger partial charge in [-0.2, -0.15) is 0 Å². The third kappa shape index (κ3) is 3.40. The predicted molar refractivity (Wildman–Crippen MR) is 97.9 cm³/mol. The molecule has 1 amide bonds. The maximum Gasteiger partial charge on any atom is 0.337 e. The topological polar surface area (TPSA) is 71.2 Å². The van der Waals surface area contributed by atoms with Crippen LogP contribution in [0.1, 0.15) is 27.2 Å². The number of H-pyrrole nitrogens is 1. The van der Waals surface area contributed by atoms with E-state index in [9.17, 15) is 9.59 Å². The summed E-state index contributed by atoms with van der Waals surface area (Å²) in [6.07, 6.45) is 0.262. The van der Waals surface area contributed by atoms with Crippen molar-refractivity contribution in [2.75, 3.05) is 12.4 Å². The number of hydrogen-bond donors (Lipinski definition) is 2. The van der Waals surface area contributed by atoms with Gasteiger partial charge in [0.1, 0.15) is 0 Å². The Hall–Kier alpha value is -3.08. The average Bonchev–Trinajstić information content (AvgIpc) is 2.92. The second-order valence-electron chi connectivity index (χ2n) is 6.02. The molecule has 25 heavy (non-hydrogen) atoms. The van der Waals surface area contributed by atoms with Gasteiger partial charge in [0.2, 0.25) is 5.91 Å². The van der Waals surface area contributed by atoms with Crippen LogP contribution in [0.4, 0.5) is 5.69 Å². The van der Waals surface area contributed by atoms with Crippen molar-refractivity contribution in [3.63, 3.8) is 0 Å². The number of benzene rings is 2. The fourth-order valence-corrected chi connectivity index (χ4v) is 2.92. The molecule has 128 valence electrons. The van der Waals surface area contributed by atoms with Crippen LogP contribution in [-0.4, -0.2) is 24.0 Å². The van der Waals surface area contributed by atoms with Crippen molar-refractivity contribution in [1.29, 1.82) is 0 Å². The number of rotatable bonds is 4. The first-order chi connectivity index (χ1) is 12.0. The molecule has 0 fully saturated rings.